The van der Waals surface area contributed by atoms with Gasteiger partial charge < -0.3 is 19.1 Å². The number of benzene rings is 3. The highest BCUT2D eigenvalue weighted by atomic mass is 19.1. The number of halogens is 1. The third kappa shape index (κ3) is 3.53. The molecule has 0 bridgehead atoms. The highest BCUT2D eigenvalue weighted by Crippen LogP contribution is 2.63. The predicted molar refractivity (Wildman–Crippen MR) is 156 cm³/mol. The topological polar surface area (TPSA) is 82.1 Å². The van der Waals surface area contributed by atoms with E-state index in [1.807, 2.05) is 25.7 Å². The summed E-state index contributed by atoms with van der Waals surface area (Å²) in [5.41, 5.74) is -0.346. The molecule has 0 amide bonds. The van der Waals surface area contributed by atoms with Gasteiger partial charge in [0, 0.05) is 39.3 Å². The van der Waals surface area contributed by atoms with Crippen LogP contribution in [0.25, 0.3) is 6.08 Å². The number of ether oxygens (including phenoxy) is 3. The first kappa shape index (κ1) is 27.7. The summed E-state index contributed by atoms with van der Waals surface area (Å²) in [5, 5.41) is 0. The first-order valence-corrected chi connectivity index (χ1v) is 13.8. The van der Waals surface area contributed by atoms with Crippen LogP contribution in [-0.4, -0.2) is 50.8 Å². The van der Waals surface area contributed by atoms with Crippen molar-refractivity contribution in [2.45, 2.75) is 38.8 Å². The summed E-state index contributed by atoms with van der Waals surface area (Å²) in [6.07, 6.45) is 3.50. The van der Waals surface area contributed by atoms with E-state index in [4.69, 9.17) is 14.2 Å². The number of anilines is 1. The van der Waals surface area contributed by atoms with E-state index in [9.17, 15) is 18.8 Å². The Balaban J connectivity index is 1.75. The van der Waals surface area contributed by atoms with E-state index in [0.717, 1.165) is 0 Å². The molecule has 0 N–H and O–H groups in total. The molecule has 3 aromatic carbocycles. The fraction of sp³-hybridized carbons (Fsp3) is 0.324. The van der Waals surface area contributed by atoms with Gasteiger partial charge in [-0.1, -0.05) is 63.3 Å². The lowest BCUT2D eigenvalue weighted by atomic mass is 9.63. The van der Waals surface area contributed by atoms with Gasteiger partial charge in [-0.25, -0.2) is 4.39 Å². The molecule has 2 heterocycles. The quantitative estimate of drug-likeness (QED) is 0.354. The maximum Gasteiger partial charge on any atom is 0.203 e. The van der Waals surface area contributed by atoms with Crippen molar-refractivity contribution in [1.82, 2.24) is 0 Å². The molecule has 3 aliphatic rings. The minimum Gasteiger partial charge on any atom is -0.493 e. The number of Topliss-reactive ketones (excluding diaryl/α,β-unsaturated/α-hetero) is 3. The third-order valence-corrected chi connectivity index (χ3v) is 8.84. The van der Waals surface area contributed by atoms with Crippen LogP contribution in [0, 0.1) is 16.6 Å². The minimum absolute atomic E-state index is 0.173. The van der Waals surface area contributed by atoms with Crippen molar-refractivity contribution in [3.8, 4) is 17.2 Å². The van der Waals surface area contributed by atoms with Gasteiger partial charge in [0.2, 0.25) is 5.75 Å². The minimum atomic E-state index is -1.72. The molecule has 1 spiro atoms. The van der Waals surface area contributed by atoms with Crippen LogP contribution in [0.2, 0.25) is 0 Å². The summed E-state index contributed by atoms with van der Waals surface area (Å²) >= 11 is 0. The molecule has 1 saturated heterocycles. The molecule has 6 rings (SSSR count). The van der Waals surface area contributed by atoms with Crippen LogP contribution in [0.1, 0.15) is 58.5 Å². The first-order chi connectivity index (χ1) is 20.0. The smallest absolute Gasteiger partial charge is 0.203 e. The van der Waals surface area contributed by atoms with E-state index in [2.05, 4.69) is 0 Å². The molecular weight excluding hydrogens is 537 g/mol. The van der Waals surface area contributed by atoms with Gasteiger partial charge in [-0.15, -0.1) is 0 Å². The highest BCUT2D eigenvalue weighted by molar-refractivity contribution is 6.32. The molecule has 1 aliphatic carbocycles. The number of fused-ring (bicyclic) bond motifs is 5. The fourth-order valence-electron chi connectivity index (χ4n) is 7.10. The molecule has 1 fully saturated rings. The standard InChI is InChI=1S/C34H32FNO6/c1-33(2,3)32(39)27-26(22-13-15-24(40-4)29(42-6)28(22)41-5)34(30(37)20-9-7-8-10-21(20)31(34)38)25-16-11-18-17-19(35)12-14-23(18)36(25)27/h7-17,25-27H,1-6H3/t25-,26+,27+/m0/s1. The molecule has 42 heavy (non-hydrogen) atoms. The lowest BCUT2D eigenvalue weighted by Crippen LogP contribution is -2.49. The van der Waals surface area contributed by atoms with E-state index in [1.54, 1.807) is 54.6 Å². The molecule has 8 heteroatoms. The third-order valence-electron chi connectivity index (χ3n) is 8.84. The van der Waals surface area contributed by atoms with Crippen molar-refractivity contribution >= 4 is 29.1 Å². The molecule has 0 saturated carbocycles. The van der Waals surface area contributed by atoms with Crippen LogP contribution in [0.4, 0.5) is 10.1 Å². The lowest BCUT2D eigenvalue weighted by Gasteiger charge is -2.38. The van der Waals surface area contributed by atoms with Crippen LogP contribution in [0.5, 0.6) is 17.2 Å². The van der Waals surface area contributed by atoms with E-state index in [1.165, 1.54) is 33.5 Å². The van der Waals surface area contributed by atoms with E-state index in [-0.39, 0.29) is 28.8 Å². The summed E-state index contributed by atoms with van der Waals surface area (Å²) in [7, 11) is 4.45. The number of rotatable bonds is 5. The van der Waals surface area contributed by atoms with Gasteiger partial charge in [0.1, 0.15) is 11.2 Å². The average Bonchev–Trinajstić information content (AvgIpc) is 3.40. The predicted octanol–water partition coefficient (Wildman–Crippen LogP) is 5.90. The summed E-state index contributed by atoms with van der Waals surface area (Å²) in [4.78, 5) is 46.0. The van der Waals surface area contributed by atoms with Gasteiger partial charge >= 0.3 is 0 Å². The van der Waals surface area contributed by atoms with Gasteiger partial charge in [0.15, 0.2) is 28.8 Å². The summed E-state index contributed by atoms with van der Waals surface area (Å²) in [6, 6.07) is 12.7. The van der Waals surface area contributed by atoms with Crippen molar-refractivity contribution < 1.29 is 33.0 Å². The van der Waals surface area contributed by atoms with Crippen LogP contribution in [0.15, 0.2) is 60.7 Å². The molecule has 0 unspecified atom stereocenters. The number of carbonyl (C=O) groups excluding carboxylic acids is 3. The molecule has 7 nitrogen and oxygen atoms in total. The number of carbonyl (C=O) groups is 3. The second kappa shape index (κ2) is 9.54. The Morgan fingerprint density at radius 3 is 2.10 bits per heavy atom. The summed E-state index contributed by atoms with van der Waals surface area (Å²) in [5.74, 6) is -1.36. The van der Waals surface area contributed by atoms with Gasteiger partial charge in [-0.05, 0) is 24.3 Å². The molecule has 3 atom stereocenters. The molecule has 3 aromatic rings. The summed E-state index contributed by atoms with van der Waals surface area (Å²) < 4.78 is 31.5. The van der Waals surface area contributed by atoms with Crippen LogP contribution >= 0.6 is 0 Å². The second-order valence-electron chi connectivity index (χ2n) is 11.9. The molecule has 2 aliphatic heterocycles. The number of nitrogens with zero attached hydrogens (tertiary/aromatic N) is 1. The monoisotopic (exact) mass is 569 g/mol. The van der Waals surface area contributed by atoms with Crippen molar-refractivity contribution in [1.29, 1.82) is 0 Å². The Hall–Kier alpha value is -4.46. The van der Waals surface area contributed by atoms with E-state index >= 15 is 0 Å². The number of methoxy groups -OCH3 is 3. The zero-order valence-electron chi connectivity index (χ0n) is 24.4. The zero-order valence-corrected chi connectivity index (χ0v) is 24.4. The van der Waals surface area contributed by atoms with Crippen LogP contribution in [-0.2, 0) is 4.79 Å². The number of hydrogen-bond donors (Lipinski definition) is 0. The Labute approximate surface area is 243 Å². The lowest BCUT2D eigenvalue weighted by molar-refractivity contribution is -0.127. The SMILES string of the molecule is COc1ccc([C@@H]2[C@H](C(=O)C(C)(C)C)N3c4ccc(F)cc4C=C[C@H]3C23C(=O)c2ccccc2C3=O)c(OC)c1OC. The van der Waals surface area contributed by atoms with E-state index in [0.29, 0.717) is 33.7 Å². The van der Waals surface area contributed by atoms with Crippen molar-refractivity contribution in [2.75, 3.05) is 26.2 Å². The second-order valence-corrected chi connectivity index (χ2v) is 11.9. The zero-order chi connectivity index (χ0) is 30.1. The Bertz CT molecular complexity index is 1650. The summed E-state index contributed by atoms with van der Waals surface area (Å²) in [6.45, 7) is 5.45. The number of ketones is 3. The first-order valence-electron chi connectivity index (χ1n) is 13.8. The Morgan fingerprint density at radius 1 is 0.881 bits per heavy atom. The largest absolute Gasteiger partial charge is 0.493 e. The Kier molecular flexibility index (Phi) is 6.29. The van der Waals surface area contributed by atoms with Crippen molar-refractivity contribution in [3.05, 3.63) is 88.7 Å². The van der Waals surface area contributed by atoms with Crippen LogP contribution in [0.3, 0.4) is 0 Å². The van der Waals surface area contributed by atoms with Crippen molar-refractivity contribution in [3.63, 3.8) is 0 Å². The van der Waals surface area contributed by atoms with Gasteiger partial charge in [0.05, 0.1) is 33.4 Å². The Morgan fingerprint density at radius 2 is 1.52 bits per heavy atom. The van der Waals surface area contributed by atoms with Crippen molar-refractivity contribution in [2.24, 2.45) is 10.8 Å². The van der Waals surface area contributed by atoms with Gasteiger partial charge in [-0.2, -0.15) is 0 Å². The fourth-order valence-corrected chi connectivity index (χ4v) is 7.10. The average molecular weight is 570 g/mol. The molecule has 0 radical (unpaired) electrons. The number of hydrogen-bond acceptors (Lipinski definition) is 7. The maximum atomic E-state index is 14.8. The highest BCUT2D eigenvalue weighted by Gasteiger charge is 2.72. The molecule has 0 aromatic heterocycles. The van der Waals surface area contributed by atoms with E-state index < -0.39 is 34.6 Å². The van der Waals surface area contributed by atoms with Crippen LogP contribution < -0.4 is 19.1 Å². The molecular formula is C34H32FNO6. The normalized spacial score (nSPS) is 21.7. The maximum absolute atomic E-state index is 14.8. The molecule has 216 valence electrons. The van der Waals surface area contributed by atoms with Gasteiger partial charge in [0.25, 0.3) is 0 Å². The van der Waals surface area contributed by atoms with Gasteiger partial charge in [-0.3, -0.25) is 14.4 Å².